The van der Waals surface area contributed by atoms with Gasteiger partial charge in [-0.2, -0.15) is 10.2 Å². The van der Waals surface area contributed by atoms with Gasteiger partial charge < -0.3 is 5.11 Å². The van der Waals surface area contributed by atoms with Crippen molar-refractivity contribution in [1.29, 1.82) is 0 Å². The number of aromatic nitrogens is 2. The van der Waals surface area contributed by atoms with Gasteiger partial charge in [0, 0.05) is 11.1 Å². The SMILES string of the molecule is O=C(O)c1ccc(C=NNC(=O)c2c(-c3ccccc3)c(-c3ccccc3)n[nH]c2=O)cc1. The van der Waals surface area contributed by atoms with Gasteiger partial charge >= 0.3 is 5.97 Å². The predicted octanol–water partition coefficient (Wildman–Crippen LogP) is 3.57. The Balaban J connectivity index is 1.71. The molecule has 4 aromatic rings. The van der Waals surface area contributed by atoms with Crippen LogP contribution in [0.25, 0.3) is 22.4 Å². The van der Waals surface area contributed by atoms with Gasteiger partial charge in [0.25, 0.3) is 11.5 Å². The molecule has 162 valence electrons. The molecule has 8 nitrogen and oxygen atoms in total. The molecule has 3 N–H and O–H groups in total. The predicted molar refractivity (Wildman–Crippen MR) is 124 cm³/mol. The molecule has 1 amide bonds. The highest BCUT2D eigenvalue weighted by Gasteiger charge is 2.22. The smallest absolute Gasteiger partial charge is 0.335 e. The highest BCUT2D eigenvalue weighted by atomic mass is 16.4. The number of amides is 1. The van der Waals surface area contributed by atoms with Crippen LogP contribution in [0.15, 0.2) is 94.8 Å². The van der Waals surface area contributed by atoms with Crippen molar-refractivity contribution < 1.29 is 14.7 Å². The zero-order chi connectivity index (χ0) is 23.2. The maximum atomic E-state index is 13.0. The first-order chi connectivity index (χ1) is 16.0. The van der Waals surface area contributed by atoms with Gasteiger partial charge in [0.15, 0.2) is 0 Å². The maximum absolute atomic E-state index is 13.0. The van der Waals surface area contributed by atoms with E-state index >= 15 is 0 Å². The normalized spacial score (nSPS) is 10.8. The molecule has 1 heterocycles. The molecule has 0 unspecified atom stereocenters. The highest BCUT2D eigenvalue weighted by molar-refractivity contribution is 6.03. The van der Waals surface area contributed by atoms with Crippen molar-refractivity contribution in [3.05, 3.63) is 112 Å². The van der Waals surface area contributed by atoms with Crippen molar-refractivity contribution in [2.45, 2.75) is 0 Å². The summed E-state index contributed by atoms with van der Waals surface area (Å²) in [4.78, 5) is 36.7. The first-order valence-electron chi connectivity index (χ1n) is 9.95. The van der Waals surface area contributed by atoms with Crippen LogP contribution in [-0.2, 0) is 0 Å². The Morgan fingerprint density at radius 3 is 2.09 bits per heavy atom. The number of hydrazone groups is 1. The summed E-state index contributed by atoms with van der Waals surface area (Å²) in [5.41, 5.74) is 4.59. The van der Waals surface area contributed by atoms with Gasteiger partial charge in [0.05, 0.1) is 17.5 Å². The van der Waals surface area contributed by atoms with Crippen molar-refractivity contribution in [2.24, 2.45) is 5.10 Å². The number of rotatable bonds is 6. The Hall–Kier alpha value is -4.85. The summed E-state index contributed by atoms with van der Waals surface area (Å²) in [7, 11) is 0. The lowest BCUT2D eigenvalue weighted by Gasteiger charge is -2.12. The Morgan fingerprint density at radius 1 is 0.879 bits per heavy atom. The Bertz CT molecular complexity index is 1380. The van der Waals surface area contributed by atoms with E-state index in [0.717, 1.165) is 5.56 Å². The van der Waals surface area contributed by atoms with Crippen LogP contribution < -0.4 is 11.0 Å². The van der Waals surface area contributed by atoms with E-state index in [1.807, 2.05) is 48.5 Å². The highest BCUT2D eigenvalue weighted by Crippen LogP contribution is 2.31. The number of hydrogen-bond donors (Lipinski definition) is 3. The minimum atomic E-state index is -1.04. The van der Waals surface area contributed by atoms with Gasteiger partial charge in [0.2, 0.25) is 0 Å². The molecule has 0 aliphatic rings. The zero-order valence-corrected chi connectivity index (χ0v) is 17.2. The summed E-state index contributed by atoms with van der Waals surface area (Å²) in [6.07, 6.45) is 1.36. The van der Waals surface area contributed by atoms with Crippen molar-refractivity contribution in [3.8, 4) is 22.4 Å². The van der Waals surface area contributed by atoms with Crippen molar-refractivity contribution in [3.63, 3.8) is 0 Å². The molecule has 0 spiro atoms. The minimum absolute atomic E-state index is 0.117. The van der Waals surface area contributed by atoms with Crippen molar-refractivity contribution >= 4 is 18.1 Å². The average Bonchev–Trinajstić information content (AvgIpc) is 2.85. The summed E-state index contributed by atoms with van der Waals surface area (Å²) >= 11 is 0. The largest absolute Gasteiger partial charge is 0.478 e. The number of H-pyrrole nitrogens is 1. The number of benzene rings is 3. The second kappa shape index (κ2) is 9.52. The van der Waals surface area contributed by atoms with Crippen LogP contribution in [0.5, 0.6) is 0 Å². The molecule has 0 aliphatic carbocycles. The Kier molecular flexibility index (Phi) is 6.17. The minimum Gasteiger partial charge on any atom is -0.478 e. The van der Waals surface area contributed by atoms with Gasteiger partial charge in [0.1, 0.15) is 5.56 Å². The van der Waals surface area contributed by atoms with Crippen LogP contribution in [0.2, 0.25) is 0 Å². The molecule has 0 fully saturated rings. The van der Waals surface area contributed by atoms with Crippen LogP contribution in [0.4, 0.5) is 0 Å². The van der Waals surface area contributed by atoms with Crippen LogP contribution in [-0.4, -0.2) is 33.4 Å². The third-order valence-corrected chi connectivity index (χ3v) is 4.86. The number of carboxylic acid groups (broad SMARTS) is 1. The van der Waals surface area contributed by atoms with E-state index in [9.17, 15) is 14.4 Å². The van der Waals surface area contributed by atoms with Crippen molar-refractivity contribution in [1.82, 2.24) is 15.6 Å². The van der Waals surface area contributed by atoms with E-state index in [2.05, 4.69) is 20.7 Å². The molecule has 33 heavy (non-hydrogen) atoms. The van der Waals surface area contributed by atoms with E-state index in [1.54, 1.807) is 24.3 Å². The molecule has 0 aliphatic heterocycles. The van der Waals surface area contributed by atoms with Crippen LogP contribution in [0.1, 0.15) is 26.3 Å². The maximum Gasteiger partial charge on any atom is 0.335 e. The average molecular weight is 438 g/mol. The fourth-order valence-corrected chi connectivity index (χ4v) is 3.29. The number of carboxylic acids is 1. The van der Waals surface area contributed by atoms with Crippen LogP contribution in [0.3, 0.4) is 0 Å². The summed E-state index contributed by atoms with van der Waals surface area (Å²) in [6.45, 7) is 0. The number of carbonyl (C=O) groups excluding carboxylic acids is 1. The molecular weight excluding hydrogens is 420 g/mol. The summed E-state index contributed by atoms with van der Waals surface area (Å²) in [5.74, 6) is -1.74. The van der Waals surface area contributed by atoms with E-state index in [1.165, 1.54) is 18.3 Å². The first kappa shape index (κ1) is 21.4. The van der Waals surface area contributed by atoms with Crippen LogP contribution in [0, 0.1) is 0 Å². The van der Waals surface area contributed by atoms with Crippen molar-refractivity contribution in [2.75, 3.05) is 0 Å². The molecule has 1 aromatic heterocycles. The van der Waals surface area contributed by atoms with E-state index in [-0.39, 0.29) is 11.1 Å². The molecule has 0 saturated heterocycles. The Labute approximate surface area is 188 Å². The molecule has 4 rings (SSSR count). The number of nitrogens with zero attached hydrogens (tertiary/aromatic N) is 2. The number of carbonyl (C=O) groups is 2. The van der Waals surface area contributed by atoms with Gasteiger partial charge in [-0.3, -0.25) is 9.59 Å². The summed E-state index contributed by atoms with van der Waals surface area (Å²) in [5, 5.41) is 19.5. The second-order valence-corrected chi connectivity index (χ2v) is 7.01. The van der Waals surface area contributed by atoms with E-state index in [0.29, 0.717) is 22.4 Å². The third kappa shape index (κ3) is 4.75. The zero-order valence-electron chi connectivity index (χ0n) is 17.2. The summed E-state index contributed by atoms with van der Waals surface area (Å²) < 4.78 is 0. The molecule has 0 atom stereocenters. The number of hydrogen-bond acceptors (Lipinski definition) is 5. The third-order valence-electron chi connectivity index (χ3n) is 4.86. The molecule has 3 aromatic carbocycles. The lowest BCUT2D eigenvalue weighted by molar-refractivity contribution is 0.0696. The summed E-state index contributed by atoms with van der Waals surface area (Å²) in [6, 6.07) is 24.3. The molecular formula is C25H18N4O4. The van der Waals surface area contributed by atoms with Gasteiger partial charge in [-0.25, -0.2) is 15.3 Å². The second-order valence-electron chi connectivity index (χ2n) is 7.01. The topological polar surface area (TPSA) is 125 Å². The first-order valence-corrected chi connectivity index (χ1v) is 9.95. The van der Waals surface area contributed by atoms with Gasteiger partial charge in [-0.05, 0) is 23.3 Å². The molecule has 0 bridgehead atoms. The monoisotopic (exact) mass is 438 g/mol. The lowest BCUT2D eigenvalue weighted by Crippen LogP contribution is -2.28. The standard InChI is InChI=1S/C25H18N4O4/c30-23(28-26-15-16-11-13-19(14-12-16)25(32)33)21-20(17-7-3-1-4-8-17)22(27-29-24(21)31)18-9-5-2-6-10-18/h1-15H,(H,28,30)(H,29,31)(H,32,33). The lowest BCUT2D eigenvalue weighted by atomic mass is 9.95. The molecule has 0 saturated carbocycles. The fourth-order valence-electron chi connectivity index (χ4n) is 3.29. The quantitative estimate of drug-likeness (QED) is 0.314. The fraction of sp³-hybridized carbons (Fsp3) is 0. The van der Waals surface area contributed by atoms with Gasteiger partial charge in [-0.1, -0.05) is 72.8 Å². The number of nitrogens with one attached hydrogen (secondary N) is 2. The Morgan fingerprint density at radius 2 is 1.48 bits per heavy atom. The van der Waals surface area contributed by atoms with Crippen LogP contribution >= 0.6 is 0 Å². The van der Waals surface area contributed by atoms with E-state index in [4.69, 9.17) is 5.11 Å². The number of aromatic amines is 1. The molecule has 8 heteroatoms. The molecule has 0 radical (unpaired) electrons. The van der Waals surface area contributed by atoms with E-state index < -0.39 is 17.4 Å². The number of aromatic carboxylic acids is 1. The van der Waals surface area contributed by atoms with Gasteiger partial charge in [-0.15, -0.1) is 0 Å².